The van der Waals surface area contributed by atoms with E-state index in [1.165, 1.54) is 11.1 Å². The Morgan fingerprint density at radius 3 is 2.18 bits per heavy atom. The van der Waals surface area contributed by atoms with Crippen LogP contribution in [0.1, 0.15) is 6.92 Å². The molecule has 0 saturated carbocycles. The van der Waals surface area contributed by atoms with Crippen molar-refractivity contribution in [2.45, 2.75) is 6.92 Å². The molecule has 0 aliphatic rings. The van der Waals surface area contributed by atoms with Crippen LogP contribution >= 0.6 is 0 Å². The fourth-order valence-electron chi connectivity index (χ4n) is 1.61. The molecule has 17 heavy (non-hydrogen) atoms. The maximum atomic E-state index is 5.55. The first-order valence-electron chi connectivity index (χ1n) is 5.79. The molecule has 0 aliphatic carbocycles. The zero-order valence-corrected chi connectivity index (χ0v) is 9.97. The number of hydrogen-bond donors (Lipinski definition) is 0. The SMILES string of the molecule is C/C=C/COc1ccc(-c2ccccc2)cc1. The van der Waals surface area contributed by atoms with Crippen LogP contribution in [0.5, 0.6) is 5.75 Å². The minimum atomic E-state index is 0.626. The lowest BCUT2D eigenvalue weighted by molar-refractivity contribution is 0.363. The van der Waals surface area contributed by atoms with Crippen LogP contribution in [0.2, 0.25) is 0 Å². The molecule has 2 rings (SSSR count). The van der Waals surface area contributed by atoms with E-state index < -0.39 is 0 Å². The molecule has 1 heteroatoms. The molecule has 0 fully saturated rings. The zero-order chi connectivity index (χ0) is 11.9. The van der Waals surface area contributed by atoms with Crippen molar-refractivity contribution < 1.29 is 4.74 Å². The molecule has 0 aliphatic heterocycles. The summed E-state index contributed by atoms with van der Waals surface area (Å²) >= 11 is 0. The van der Waals surface area contributed by atoms with E-state index in [1.807, 2.05) is 49.4 Å². The second kappa shape index (κ2) is 5.90. The Morgan fingerprint density at radius 2 is 1.53 bits per heavy atom. The Balaban J connectivity index is 2.08. The van der Waals surface area contributed by atoms with Gasteiger partial charge in [-0.2, -0.15) is 0 Å². The average molecular weight is 224 g/mol. The summed E-state index contributed by atoms with van der Waals surface area (Å²) in [7, 11) is 0. The first-order valence-corrected chi connectivity index (χ1v) is 5.79. The molecule has 0 atom stereocenters. The van der Waals surface area contributed by atoms with E-state index in [9.17, 15) is 0 Å². The highest BCUT2D eigenvalue weighted by Crippen LogP contribution is 2.21. The van der Waals surface area contributed by atoms with E-state index in [0.29, 0.717) is 6.61 Å². The summed E-state index contributed by atoms with van der Waals surface area (Å²) in [5.41, 5.74) is 2.44. The largest absolute Gasteiger partial charge is 0.490 e. The van der Waals surface area contributed by atoms with Gasteiger partial charge >= 0.3 is 0 Å². The third kappa shape index (κ3) is 3.22. The van der Waals surface area contributed by atoms with Gasteiger partial charge in [-0.15, -0.1) is 0 Å². The van der Waals surface area contributed by atoms with Crippen LogP contribution < -0.4 is 4.74 Å². The van der Waals surface area contributed by atoms with Crippen molar-refractivity contribution in [3.05, 3.63) is 66.7 Å². The van der Waals surface area contributed by atoms with E-state index in [-0.39, 0.29) is 0 Å². The Kier molecular flexibility index (Phi) is 3.98. The van der Waals surface area contributed by atoms with Crippen LogP contribution in [0, 0.1) is 0 Å². The van der Waals surface area contributed by atoms with Crippen molar-refractivity contribution in [2.24, 2.45) is 0 Å². The molecule has 0 bridgehead atoms. The predicted molar refractivity (Wildman–Crippen MR) is 72.2 cm³/mol. The normalized spacial score (nSPS) is 10.6. The maximum absolute atomic E-state index is 5.55. The molecule has 0 saturated heterocycles. The van der Waals surface area contributed by atoms with Gasteiger partial charge in [-0.1, -0.05) is 54.6 Å². The fraction of sp³-hybridized carbons (Fsp3) is 0.125. The number of benzene rings is 2. The minimum absolute atomic E-state index is 0.626. The van der Waals surface area contributed by atoms with Gasteiger partial charge in [-0.05, 0) is 30.2 Å². The Hall–Kier alpha value is -2.02. The summed E-state index contributed by atoms with van der Waals surface area (Å²) in [6, 6.07) is 18.5. The smallest absolute Gasteiger partial charge is 0.119 e. The van der Waals surface area contributed by atoms with E-state index in [2.05, 4.69) is 24.3 Å². The highest BCUT2D eigenvalue weighted by atomic mass is 16.5. The van der Waals surface area contributed by atoms with Crippen molar-refractivity contribution >= 4 is 0 Å². The lowest BCUT2D eigenvalue weighted by Crippen LogP contribution is -1.92. The third-order valence-corrected chi connectivity index (χ3v) is 2.54. The second-order valence-electron chi connectivity index (χ2n) is 3.77. The number of rotatable bonds is 4. The average Bonchev–Trinajstić information content (AvgIpc) is 2.41. The molecular weight excluding hydrogens is 208 g/mol. The summed E-state index contributed by atoms with van der Waals surface area (Å²) in [6.45, 7) is 2.61. The Labute approximate surface area is 102 Å². The first-order chi connectivity index (χ1) is 8.40. The molecule has 86 valence electrons. The lowest BCUT2D eigenvalue weighted by Gasteiger charge is -2.05. The van der Waals surface area contributed by atoms with E-state index in [4.69, 9.17) is 4.74 Å². The van der Waals surface area contributed by atoms with Gasteiger partial charge in [0.15, 0.2) is 0 Å². The van der Waals surface area contributed by atoms with E-state index in [1.54, 1.807) is 0 Å². The molecule has 2 aromatic rings. The number of ether oxygens (including phenoxy) is 1. The van der Waals surface area contributed by atoms with Crippen molar-refractivity contribution in [3.8, 4) is 16.9 Å². The minimum Gasteiger partial charge on any atom is -0.490 e. The third-order valence-electron chi connectivity index (χ3n) is 2.54. The van der Waals surface area contributed by atoms with Crippen molar-refractivity contribution in [1.82, 2.24) is 0 Å². The van der Waals surface area contributed by atoms with Crippen LogP contribution in [-0.4, -0.2) is 6.61 Å². The fourth-order valence-corrected chi connectivity index (χ4v) is 1.61. The molecule has 0 N–H and O–H groups in total. The molecule has 0 unspecified atom stereocenters. The van der Waals surface area contributed by atoms with Gasteiger partial charge in [0.25, 0.3) is 0 Å². The maximum Gasteiger partial charge on any atom is 0.119 e. The Bertz CT molecular complexity index is 469. The number of allylic oxidation sites excluding steroid dienone is 1. The molecule has 0 aromatic heterocycles. The molecule has 0 amide bonds. The highest BCUT2D eigenvalue weighted by molar-refractivity contribution is 5.63. The molecule has 0 heterocycles. The van der Waals surface area contributed by atoms with Gasteiger partial charge in [-0.25, -0.2) is 0 Å². The quantitative estimate of drug-likeness (QED) is 0.703. The van der Waals surface area contributed by atoms with Gasteiger partial charge in [0.2, 0.25) is 0 Å². The van der Waals surface area contributed by atoms with Gasteiger partial charge in [0, 0.05) is 0 Å². The van der Waals surface area contributed by atoms with E-state index >= 15 is 0 Å². The summed E-state index contributed by atoms with van der Waals surface area (Å²) in [6.07, 6.45) is 3.98. The van der Waals surface area contributed by atoms with Gasteiger partial charge in [-0.3, -0.25) is 0 Å². The van der Waals surface area contributed by atoms with Gasteiger partial charge in [0.1, 0.15) is 12.4 Å². The predicted octanol–water partition coefficient (Wildman–Crippen LogP) is 4.31. The molecule has 0 spiro atoms. The molecular formula is C16H16O. The molecule has 2 aromatic carbocycles. The van der Waals surface area contributed by atoms with Crippen molar-refractivity contribution in [2.75, 3.05) is 6.61 Å². The van der Waals surface area contributed by atoms with Crippen LogP contribution in [0.4, 0.5) is 0 Å². The van der Waals surface area contributed by atoms with Crippen molar-refractivity contribution in [1.29, 1.82) is 0 Å². The summed E-state index contributed by atoms with van der Waals surface area (Å²) in [5, 5.41) is 0. The second-order valence-corrected chi connectivity index (χ2v) is 3.77. The lowest BCUT2D eigenvalue weighted by atomic mass is 10.1. The van der Waals surface area contributed by atoms with Crippen LogP contribution in [-0.2, 0) is 0 Å². The van der Waals surface area contributed by atoms with Crippen LogP contribution in [0.25, 0.3) is 11.1 Å². The zero-order valence-electron chi connectivity index (χ0n) is 9.97. The number of hydrogen-bond acceptors (Lipinski definition) is 1. The molecule has 1 nitrogen and oxygen atoms in total. The highest BCUT2D eigenvalue weighted by Gasteiger charge is 1.97. The van der Waals surface area contributed by atoms with Gasteiger partial charge in [0.05, 0.1) is 0 Å². The van der Waals surface area contributed by atoms with E-state index in [0.717, 1.165) is 5.75 Å². The summed E-state index contributed by atoms with van der Waals surface area (Å²) in [4.78, 5) is 0. The first kappa shape index (κ1) is 11.5. The monoisotopic (exact) mass is 224 g/mol. The van der Waals surface area contributed by atoms with Crippen LogP contribution in [0.15, 0.2) is 66.7 Å². The van der Waals surface area contributed by atoms with Crippen LogP contribution in [0.3, 0.4) is 0 Å². The molecule has 0 radical (unpaired) electrons. The topological polar surface area (TPSA) is 9.23 Å². The summed E-state index contributed by atoms with van der Waals surface area (Å²) in [5.74, 6) is 0.905. The van der Waals surface area contributed by atoms with Gasteiger partial charge < -0.3 is 4.74 Å². The standard InChI is InChI=1S/C16H16O/c1-2-3-13-17-16-11-9-15(10-12-16)14-7-5-4-6-8-14/h2-12H,13H2,1H3/b3-2+. The Morgan fingerprint density at radius 1 is 0.882 bits per heavy atom. The van der Waals surface area contributed by atoms with Crippen molar-refractivity contribution in [3.63, 3.8) is 0 Å². The summed E-state index contributed by atoms with van der Waals surface area (Å²) < 4.78 is 5.55.